The number of carbonyl (C=O) groups is 1. The first-order valence-electron chi connectivity index (χ1n) is 11.1. The molecule has 174 valence electrons. The lowest BCUT2D eigenvalue weighted by atomic mass is 9.94. The summed E-state index contributed by atoms with van der Waals surface area (Å²) in [6, 6.07) is 15.8. The average molecular weight is 469 g/mol. The summed E-state index contributed by atoms with van der Waals surface area (Å²) in [4.78, 5) is 16.9. The normalized spacial score (nSPS) is 19.3. The number of nitrogens with one attached hydrogen (secondary N) is 1. The van der Waals surface area contributed by atoms with Crippen LogP contribution in [0, 0.1) is 11.8 Å². The van der Waals surface area contributed by atoms with Crippen LogP contribution in [0.1, 0.15) is 32.6 Å². The van der Waals surface area contributed by atoms with Crippen molar-refractivity contribution in [3.63, 3.8) is 0 Å². The number of amides is 1. The van der Waals surface area contributed by atoms with E-state index in [4.69, 9.17) is 4.52 Å². The monoisotopic (exact) mass is 468 g/mol. The summed E-state index contributed by atoms with van der Waals surface area (Å²) < 4.78 is 32.8. The second kappa shape index (κ2) is 9.84. The smallest absolute Gasteiger partial charge is 0.243 e. The van der Waals surface area contributed by atoms with Gasteiger partial charge in [0.25, 0.3) is 0 Å². The summed E-state index contributed by atoms with van der Waals surface area (Å²) in [5.74, 6) is 1.33. The molecule has 1 N–H and O–H groups in total. The Kier molecular flexibility index (Phi) is 6.90. The molecule has 0 saturated carbocycles. The molecule has 2 atom stereocenters. The van der Waals surface area contributed by atoms with Gasteiger partial charge in [0.05, 0.1) is 4.90 Å². The molecule has 0 unspecified atom stereocenters. The largest absolute Gasteiger partial charge is 0.339 e. The molecule has 33 heavy (non-hydrogen) atoms. The lowest BCUT2D eigenvalue weighted by Gasteiger charge is -2.34. The predicted molar refractivity (Wildman–Crippen MR) is 125 cm³/mol. The highest BCUT2D eigenvalue weighted by Crippen LogP contribution is 2.27. The first-order chi connectivity index (χ1) is 15.8. The lowest BCUT2D eigenvalue weighted by Crippen LogP contribution is -2.42. The van der Waals surface area contributed by atoms with E-state index in [0.29, 0.717) is 48.7 Å². The van der Waals surface area contributed by atoms with Gasteiger partial charge in [-0.2, -0.15) is 9.29 Å². The van der Waals surface area contributed by atoms with Crippen LogP contribution in [0.15, 0.2) is 64.0 Å². The molecule has 2 heterocycles. The molecule has 0 spiro atoms. The molecule has 1 aliphatic heterocycles. The highest BCUT2D eigenvalue weighted by Gasteiger charge is 2.31. The van der Waals surface area contributed by atoms with Gasteiger partial charge >= 0.3 is 0 Å². The zero-order valence-corrected chi connectivity index (χ0v) is 19.6. The van der Waals surface area contributed by atoms with Crippen molar-refractivity contribution in [2.24, 2.45) is 11.8 Å². The molecule has 9 heteroatoms. The Balaban J connectivity index is 1.32. The van der Waals surface area contributed by atoms with Crippen molar-refractivity contribution in [2.45, 2.75) is 38.0 Å². The number of benzene rings is 2. The Hall–Kier alpha value is -3.04. The van der Waals surface area contributed by atoms with Crippen molar-refractivity contribution in [1.29, 1.82) is 0 Å². The maximum absolute atomic E-state index is 13.0. The van der Waals surface area contributed by atoms with E-state index in [-0.39, 0.29) is 17.2 Å². The predicted octanol–water partition coefficient (Wildman–Crippen LogP) is 3.97. The molecule has 0 bridgehead atoms. The fraction of sp³-hybridized carbons (Fsp3) is 0.375. The van der Waals surface area contributed by atoms with Gasteiger partial charge < -0.3 is 9.84 Å². The minimum absolute atomic E-state index is 0.167. The molecule has 1 aliphatic rings. The van der Waals surface area contributed by atoms with E-state index in [9.17, 15) is 13.2 Å². The Labute approximate surface area is 194 Å². The van der Waals surface area contributed by atoms with Gasteiger partial charge in [0.1, 0.15) is 0 Å². The highest BCUT2D eigenvalue weighted by molar-refractivity contribution is 7.89. The number of carbonyl (C=O) groups excluding carboxylic acids is 1. The summed E-state index contributed by atoms with van der Waals surface area (Å²) >= 11 is 0. The first-order valence-corrected chi connectivity index (χ1v) is 12.5. The SMILES string of the molecule is C[C@@H]1C[C@@H](C)CN(S(=O)(=O)c2ccc(NC(=O)CCc3nc(-c4ccccc4)no3)cc2)C1. The van der Waals surface area contributed by atoms with Crippen molar-refractivity contribution in [3.05, 3.63) is 60.5 Å². The maximum atomic E-state index is 13.0. The van der Waals surface area contributed by atoms with Crippen molar-refractivity contribution in [2.75, 3.05) is 18.4 Å². The highest BCUT2D eigenvalue weighted by atomic mass is 32.2. The average Bonchev–Trinajstić information content (AvgIpc) is 3.27. The topological polar surface area (TPSA) is 105 Å². The zero-order valence-electron chi connectivity index (χ0n) is 18.8. The van der Waals surface area contributed by atoms with E-state index < -0.39 is 10.0 Å². The quantitative estimate of drug-likeness (QED) is 0.562. The van der Waals surface area contributed by atoms with E-state index in [1.807, 2.05) is 30.3 Å². The molecule has 2 aromatic carbocycles. The van der Waals surface area contributed by atoms with Gasteiger partial charge in [0.2, 0.25) is 27.6 Å². The number of aryl methyl sites for hydroxylation is 1. The van der Waals surface area contributed by atoms with Gasteiger partial charge in [-0.3, -0.25) is 4.79 Å². The van der Waals surface area contributed by atoms with Gasteiger partial charge in [-0.05, 0) is 42.5 Å². The standard InChI is InChI=1S/C24H28N4O4S/c1-17-14-18(2)16-28(15-17)33(30,31)21-10-8-20(9-11-21)25-22(29)12-13-23-26-24(27-32-23)19-6-4-3-5-7-19/h3-11,17-18H,12-16H2,1-2H3,(H,25,29)/t17-,18-/m1/s1. The second-order valence-corrected chi connectivity index (χ2v) is 10.7. The molecule has 0 radical (unpaired) electrons. The zero-order chi connectivity index (χ0) is 23.4. The van der Waals surface area contributed by atoms with Crippen LogP contribution >= 0.6 is 0 Å². The number of anilines is 1. The van der Waals surface area contributed by atoms with Gasteiger partial charge in [-0.1, -0.05) is 49.3 Å². The summed E-state index contributed by atoms with van der Waals surface area (Å²) in [6.45, 7) is 5.22. The summed E-state index contributed by atoms with van der Waals surface area (Å²) in [5, 5.41) is 6.74. The fourth-order valence-electron chi connectivity index (χ4n) is 4.17. The lowest BCUT2D eigenvalue weighted by molar-refractivity contribution is -0.116. The number of sulfonamides is 1. The molecule has 1 aromatic heterocycles. The number of hydrogen-bond donors (Lipinski definition) is 1. The summed E-state index contributed by atoms with van der Waals surface area (Å²) in [7, 11) is -3.55. The van der Waals surface area contributed by atoms with E-state index in [0.717, 1.165) is 12.0 Å². The van der Waals surface area contributed by atoms with Gasteiger partial charge in [0.15, 0.2) is 0 Å². The van der Waals surface area contributed by atoms with Gasteiger partial charge in [-0.25, -0.2) is 8.42 Å². The molecule has 4 rings (SSSR count). The van der Waals surface area contributed by atoms with Crippen LogP contribution < -0.4 is 5.32 Å². The summed E-state index contributed by atoms with van der Waals surface area (Å²) in [5.41, 5.74) is 1.38. The number of hydrogen-bond acceptors (Lipinski definition) is 6. The number of piperidine rings is 1. The molecule has 1 saturated heterocycles. The second-order valence-electron chi connectivity index (χ2n) is 8.72. The number of aromatic nitrogens is 2. The summed E-state index contributed by atoms with van der Waals surface area (Å²) in [6.07, 6.45) is 1.51. The Morgan fingerprint density at radius 1 is 1.06 bits per heavy atom. The van der Waals surface area contributed by atoms with Crippen molar-refractivity contribution >= 4 is 21.6 Å². The van der Waals surface area contributed by atoms with Crippen molar-refractivity contribution in [3.8, 4) is 11.4 Å². The molecule has 0 aliphatic carbocycles. The molecular formula is C24H28N4O4S. The molecule has 1 fully saturated rings. The molecule has 8 nitrogen and oxygen atoms in total. The first kappa shape index (κ1) is 23.1. The van der Waals surface area contributed by atoms with Crippen LogP contribution in [0.25, 0.3) is 11.4 Å². The third kappa shape index (κ3) is 5.66. The van der Waals surface area contributed by atoms with E-state index >= 15 is 0 Å². The van der Waals surface area contributed by atoms with Gasteiger partial charge in [0, 0.05) is 37.2 Å². The van der Waals surface area contributed by atoms with Gasteiger partial charge in [-0.15, -0.1) is 0 Å². The molecular weight excluding hydrogens is 440 g/mol. The van der Waals surface area contributed by atoms with Crippen LogP contribution in [0.3, 0.4) is 0 Å². The van der Waals surface area contributed by atoms with Crippen molar-refractivity contribution in [1.82, 2.24) is 14.4 Å². The van der Waals surface area contributed by atoms with Crippen LogP contribution in [0.4, 0.5) is 5.69 Å². The minimum Gasteiger partial charge on any atom is -0.339 e. The Morgan fingerprint density at radius 3 is 2.39 bits per heavy atom. The molecule has 3 aromatic rings. The van der Waals surface area contributed by atoms with Crippen LogP contribution in [-0.4, -0.2) is 41.9 Å². The maximum Gasteiger partial charge on any atom is 0.243 e. The van der Waals surface area contributed by atoms with E-state index in [2.05, 4.69) is 29.3 Å². The third-order valence-corrected chi connectivity index (χ3v) is 7.52. The molecule has 1 amide bonds. The van der Waals surface area contributed by atoms with Crippen LogP contribution in [0.5, 0.6) is 0 Å². The fourth-order valence-corrected chi connectivity index (χ4v) is 5.85. The van der Waals surface area contributed by atoms with Crippen LogP contribution in [-0.2, 0) is 21.2 Å². The van der Waals surface area contributed by atoms with E-state index in [1.165, 1.54) is 0 Å². The van der Waals surface area contributed by atoms with Crippen molar-refractivity contribution < 1.29 is 17.7 Å². The minimum atomic E-state index is -3.55. The number of rotatable bonds is 7. The van der Waals surface area contributed by atoms with Crippen LogP contribution in [0.2, 0.25) is 0 Å². The Bertz CT molecular complexity index is 1180. The van der Waals surface area contributed by atoms with E-state index in [1.54, 1.807) is 28.6 Å². The number of nitrogens with zero attached hydrogens (tertiary/aromatic N) is 3. The third-order valence-electron chi connectivity index (χ3n) is 5.68. The Morgan fingerprint density at radius 2 is 1.73 bits per heavy atom.